The van der Waals surface area contributed by atoms with E-state index in [9.17, 15) is 0 Å². The van der Waals surface area contributed by atoms with Crippen molar-refractivity contribution in [2.24, 2.45) is 4.99 Å². The Morgan fingerprint density at radius 3 is 2.44 bits per heavy atom. The van der Waals surface area contributed by atoms with Gasteiger partial charge in [-0.1, -0.05) is 29.3 Å². The molecule has 2 N–H and O–H groups in total. The predicted octanol–water partition coefficient (Wildman–Crippen LogP) is 3.13. The molecule has 1 saturated heterocycles. The molecule has 0 aromatic heterocycles. The molecule has 0 saturated carbocycles. The van der Waals surface area contributed by atoms with Crippen LogP contribution in [0.5, 0.6) is 0 Å². The van der Waals surface area contributed by atoms with Crippen molar-refractivity contribution in [2.45, 2.75) is 45.6 Å². The highest BCUT2D eigenvalue weighted by Gasteiger charge is 2.19. The third kappa shape index (κ3) is 9.25. The lowest BCUT2D eigenvalue weighted by atomic mass is 10.0. The summed E-state index contributed by atoms with van der Waals surface area (Å²) in [6.07, 6.45) is 4.48. The van der Waals surface area contributed by atoms with Gasteiger partial charge in [0, 0.05) is 53.0 Å². The zero-order chi connectivity index (χ0) is 18.8. The van der Waals surface area contributed by atoms with Crippen LogP contribution in [-0.2, 0) is 11.2 Å². The highest BCUT2D eigenvalue weighted by Crippen LogP contribution is 2.11. The average molecular weight is 488 g/mol. The van der Waals surface area contributed by atoms with Gasteiger partial charge in [-0.15, -0.1) is 24.0 Å². The van der Waals surface area contributed by atoms with Crippen LogP contribution in [0, 0.1) is 13.8 Å². The number of likely N-dealkylation sites (tertiary alicyclic amines) is 1. The first kappa shape index (κ1) is 24.2. The lowest BCUT2D eigenvalue weighted by molar-refractivity contribution is 0.155. The number of benzene rings is 1. The van der Waals surface area contributed by atoms with Gasteiger partial charge in [-0.05, 0) is 45.1 Å². The quantitative estimate of drug-likeness (QED) is 0.256. The van der Waals surface area contributed by atoms with Crippen molar-refractivity contribution in [3.8, 4) is 0 Å². The summed E-state index contributed by atoms with van der Waals surface area (Å²) in [5.74, 6) is 0.923. The molecule has 1 heterocycles. The summed E-state index contributed by atoms with van der Waals surface area (Å²) in [6.45, 7) is 9.52. The number of guanidine groups is 1. The molecule has 0 aliphatic carbocycles. The smallest absolute Gasteiger partial charge is 0.191 e. The van der Waals surface area contributed by atoms with Crippen LogP contribution >= 0.6 is 24.0 Å². The molecule has 5 nitrogen and oxygen atoms in total. The van der Waals surface area contributed by atoms with Gasteiger partial charge >= 0.3 is 0 Å². The summed E-state index contributed by atoms with van der Waals surface area (Å²) < 4.78 is 5.14. The second-order valence-electron chi connectivity index (χ2n) is 7.35. The summed E-state index contributed by atoms with van der Waals surface area (Å²) in [6, 6.07) is 7.27. The minimum absolute atomic E-state index is 0. The summed E-state index contributed by atoms with van der Waals surface area (Å²) >= 11 is 0. The summed E-state index contributed by atoms with van der Waals surface area (Å²) in [4.78, 5) is 6.93. The van der Waals surface area contributed by atoms with Crippen molar-refractivity contribution in [1.29, 1.82) is 0 Å². The van der Waals surface area contributed by atoms with Crippen molar-refractivity contribution < 1.29 is 4.74 Å². The Bertz CT molecular complexity index is 551. The van der Waals surface area contributed by atoms with E-state index in [1.165, 1.54) is 29.5 Å². The number of aliphatic imine (C=N–C) groups is 1. The molecule has 0 radical (unpaired) electrons. The topological polar surface area (TPSA) is 48.9 Å². The number of hydrogen-bond donors (Lipinski definition) is 2. The Kier molecular flexibility index (Phi) is 11.9. The first-order valence-corrected chi connectivity index (χ1v) is 9.86. The normalized spacial score (nSPS) is 16.1. The van der Waals surface area contributed by atoms with Crippen molar-refractivity contribution in [1.82, 2.24) is 15.5 Å². The zero-order valence-electron chi connectivity index (χ0n) is 17.4. The Morgan fingerprint density at radius 1 is 1.19 bits per heavy atom. The van der Waals surface area contributed by atoms with Gasteiger partial charge in [-0.3, -0.25) is 4.99 Å². The number of aryl methyl sites for hydroxylation is 2. The Labute approximate surface area is 182 Å². The maximum absolute atomic E-state index is 5.14. The van der Waals surface area contributed by atoms with Gasteiger partial charge in [0.05, 0.1) is 0 Å². The second kappa shape index (κ2) is 13.3. The number of nitrogens with zero attached hydrogens (tertiary/aromatic N) is 2. The molecule has 0 amide bonds. The molecular weight excluding hydrogens is 451 g/mol. The van der Waals surface area contributed by atoms with Crippen molar-refractivity contribution in [3.05, 3.63) is 34.9 Å². The molecule has 0 atom stereocenters. The molecule has 2 rings (SSSR count). The molecule has 27 heavy (non-hydrogen) atoms. The summed E-state index contributed by atoms with van der Waals surface area (Å²) in [7, 11) is 3.63. The first-order chi connectivity index (χ1) is 12.6. The number of methoxy groups -OCH3 is 1. The number of ether oxygens (including phenoxy) is 1. The Hall–Kier alpha value is -0.860. The molecule has 0 spiro atoms. The van der Waals surface area contributed by atoms with E-state index >= 15 is 0 Å². The third-order valence-electron chi connectivity index (χ3n) is 4.96. The van der Waals surface area contributed by atoms with Crippen LogP contribution in [0.2, 0.25) is 0 Å². The molecule has 1 fully saturated rings. The number of hydrogen-bond acceptors (Lipinski definition) is 3. The molecule has 0 bridgehead atoms. The molecule has 1 aliphatic heterocycles. The van der Waals surface area contributed by atoms with Crippen molar-refractivity contribution in [2.75, 3.05) is 46.9 Å². The molecule has 1 aliphatic rings. The Balaban J connectivity index is 0.00000364. The van der Waals surface area contributed by atoms with Crippen LogP contribution in [0.1, 0.15) is 36.0 Å². The van der Waals surface area contributed by atoms with Crippen LogP contribution in [0.25, 0.3) is 0 Å². The van der Waals surface area contributed by atoms with Crippen molar-refractivity contribution in [3.63, 3.8) is 0 Å². The SMILES string of the molecule is CN=C(NCCc1cc(C)cc(C)c1)NC1CCN(CCCOC)CC1.I. The largest absolute Gasteiger partial charge is 0.385 e. The second-order valence-corrected chi connectivity index (χ2v) is 7.35. The van der Waals surface area contributed by atoms with Gasteiger partial charge in [0.2, 0.25) is 0 Å². The standard InChI is InChI=1S/C21H36N4O.HI/c1-17-14-18(2)16-19(15-17)6-9-23-21(22-3)24-20-7-11-25(12-8-20)10-5-13-26-4;/h14-16,20H,5-13H2,1-4H3,(H2,22,23,24);1H. The molecule has 1 aromatic rings. The molecule has 154 valence electrons. The number of nitrogens with one attached hydrogen (secondary N) is 2. The average Bonchev–Trinajstić information content (AvgIpc) is 2.61. The van der Waals surface area contributed by atoms with E-state index in [1.54, 1.807) is 7.11 Å². The van der Waals surface area contributed by atoms with E-state index in [0.717, 1.165) is 51.6 Å². The van der Waals surface area contributed by atoms with Crippen LogP contribution < -0.4 is 10.6 Å². The lowest BCUT2D eigenvalue weighted by Gasteiger charge is -2.33. The monoisotopic (exact) mass is 488 g/mol. The predicted molar refractivity (Wildman–Crippen MR) is 125 cm³/mol. The number of halogens is 1. The van der Waals surface area contributed by atoms with Crippen molar-refractivity contribution >= 4 is 29.9 Å². The summed E-state index contributed by atoms with van der Waals surface area (Å²) in [5, 5.41) is 7.06. The highest BCUT2D eigenvalue weighted by atomic mass is 127. The number of rotatable bonds is 8. The minimum Gasteiger partial charge on any atom is -0.385 e. The Morgan fingerprint density at radius 2 is 1.85 bits per heavy atom. The fourth-order valence-corrected chi connectivity index (χ4v) is 3.66. The van der Waals surface area contributed by atoms with Crippen LogP contribution in [-0.4, -0.2) is 63.8 Å². The third-order valence-corrected chi connectivity index (χ3v) is 4.96. The first-order valence-electron chi connectivity index (χ1n) is 9.86. The van der Waals surface area contributed by atoms with Gasteiger partial charge in [-0.2, -0.15) is 0 Å². The minimum atomic E-state index is 0. The van der Waals surface area contributed by atoms with E-state index in [4.69, 9.17) is 4.74 Å². The lowest BCUT2D eigenvalue weighted by Crippen LogP contribution is -2.49. The van der Waals surface area contributed by atoms with E-state index in [0.29, 0.717) is 6.04 Å². The fraction of sp³-hybridized carbons (Fsp3) is 0.667. The maximum atomic E-state index is 5.14. The van der Waals surface area contributed by atoms with Gasteiger partial charge in [0.1, 0.15) is 0 Å². The maximum Gasteiger partial charge on any atom is 0.191 e. The van der Waals surface area contributed by atoms with Crippen LogP contribution in [0.4, 0.5) is 0 Å². The van der Waals surface area contributed by atoms with Gasteiger partial charge in [0.15, 0.2) is 5.96 Å². The van der Waals surface area contributed by atoms with Gasteiger partial charge in [-0.25, -0.2) is 0 Å². The summed E-state index contributed by atoms with van der Waals surface area (Å²) in [5.41, 5.74) is 4.05. The van der Waals surface area contributed by atoms with Crippen LogP contribution in [0.15, 0.2) is 23.2 Å². The van der Waals surface area contributed by atoms with E-state index in [2.05, 4.69) is 52.6 Å². The van der Waals surface area contributed by atoms with E-state index in [1.807, 2.05) is 7.05 Å². The number of piperidine rings is 1. The van der Waals surface area contributed by atoms with E-state index in [-0.39, 0.29) is 24.0 Å². The van der Waals surface area contributed by atoms with E-state index < -0.39 is 0 Å². The molecular formula is C21H37IN4O. The van der Waals surface area contributed by atoms with Crippen LogP contribution in [0.3, 0.4) is 0 Å². The fourth-order valence-electron chi connectivity index (χ4n) is 3.66. The molecule has 1 aromatic carbocycles. The zero-order valence-corrected chi connectivity index (χ0v) is 19.7. The van der Waals surface area contributed by atoms with Gasteiger partial charge in [0.25, 0.3) is 0 Å². The van der Waals surface area contributed by atoms with Gasteiger partial charge < -0.3 is 20.3 Å². The molecule has 0 unspecified atom stereocenters. The highest BCUT2D eigenvalue weighted by molar-refractivity contribution is 14.0. The molecule has 6 heteroatoms.